The van der Waals surface area contributed by atoms with E-state index < -0.39 is 0 Å². The second-order valence-corrected chi connectivity index (χ2v) is 8.65. The molecule has 0 bridgehead atoms. The summed E-state index contributed by atoms with van der Waals surface area (Å²) >= 11 is 0. The van der Waals surface area contributed by atoms with Gasteiger partial charge in [-0.15, -0.1) is 0 Å². The summed E-state index contributed by atoms with van der Waals surface area (Å²) in [5.41, 5.74) is 0.682. The highest BCUT2D eigenvalue weighted by Crippen LogP contribution is 2.66. The van der Waals surface area contributed by atoms with E-state index in [1.54, 1.807) is 0 Å². The highest BCUT2D eigenvalue weighted by molar-refractivity contribution is 5.07. The molecule has 0 radical (unpaired) electrons. The lowest BCUT2D eigenvalue weighted by molar-refractivity contribution is 0.289. The molecule has 0 spiro atoms. The minimum atomic E-state index is 0.682. The predicted molar refractivity (Wildman–Crippen MR) is 101 cm³/mol. The fraction of sp³-hybridized carbons (Fsp3) is 1.00. The summed E-state index contributed by atoms with van der Waals surface area (Å²) in [6.45, 7) is 14.6. The smallest absolute Gasteiger partial charge is 0.0264 e. The van der Waals surface area contributed by atoms with Gasteiger partial charge in [0.15, 0.2) is 0 Å². The molecule has 1 rings (SSSR count). The summed E-state index contributed by atoms with van der Waals surface area (Å²) in [6, 6.07) is 0. The van der Waals surface area contributed by atoms with Crippen molar-refractivity contribution in [2.24, 2.45) is 29.1 Å². The molecule has 0 nitrogen and oxygen atoms in total. The highest BCUT2D eigenvalue weighted by Gasteiger charge is 2.59. The maximum absolute atomic E-state index is 2.60. The molecular weight excluding hydrogens is 264 g/mol. The van der Waals surface area contributed by atoms with E-state index in [4.69, 9.17) is 0 Å². The predicted octanol–water partition coefficient (Wildman–Crippen LogP) is 7.86. The Bertz CT molecular complexity index is 282. The third-order valence-corrected chi connectivity index (χ3v) is 6.80. The fourth-order valence-corrected chi connectivity index (χ4v) is 5.04. The van der Waals surface area contributed by atoms with Crippen molar-refractivity contribution in [1.29, 1.82) is 0 Å². The molecule has 0 heterocycles. The first-order valence-corrected chi connectivity index (χ1v) is 10.5. The Morgan fingerprint density at radius 3 is 2.09 bits per heavy atom. The Kier molecular flexibility index (Phi) is 9.10. The molecule has 0 aliphatic heterocycles. The zero-order chi connectivity index (χ0) is 16.6. The van der Waals surface area contributed by atoms with Gasteiger partial charge in [0.05, 0.1) is 0 Å². The molecule has 1 fully saturated rings. The van der Waals surface area contributed by atoms with Crippen LogP contribution >= 0.6 is 0 Å². The molecular formula is C22H44. The number of hydrogen-bond donors (Lipinski definition) is 0. The van der Waals surface area contributed by atoms with Crippen molar-refractivity contribution in [3.8, 4) is 0 Å². The monoisotopic (exact) mass is 308 g/mol. The first kappa shape index (κ1) is 20.0. The maximum Gasteiger partial charge on any atom is -0.0264 e. The van der Waals surface area contributed by atoms with Gasteiger partial charge in [-0.3, -0.25) is 0 Å². The van der Waals surface area contributed by atoms with Gasteiger partial charge in [-0.25, -0.2) is 0 Å². The van der Waals surface area contributed by atoms with E-state index in [9.17, 15) is 0 Å². The van der Waals surface area contributed by atoms with Gasteiger partial charge < -0.3 is 0 Å². The Labute approximate surface area is 141 Å². The van der Waals surface area contributed by atoms with Crippen LogP contribution < -0.4 is 0 Å². The van der Waals surface area contributed by atoms with Crippen molar-refractivity contribution in [2.45, 2.75) is 112 Å². The SMILES string of the molecule is CCCCCC1(C)C(C)C1C(CCCC)CCC(C)CCC. The molecule has 0 aromatic heterocycles. The first-order chi connectivity index (χ1) is 10.5. The summed E-state index contributed by atoms with van der Waals surface area (Å²) in [5.74, 6) is 3.97. The van der Waals surface area contributed by atoms with Crippen molar-refractivity contribution in [1.82, 2.24) is 0 Å². The van der Waals surface area contributed by atoms with E-state index in [1.807, 2.05) is 0 Å². The molecule has 22 heavy (non-hydrogen) atoms. The summed E-state index contributed by atoms with van der Waals surface area (Å²) in [7, 11) is 0. The van der Waals surface area contributed by atoms with Crippen LogP contribution in [0.5, 0.6) is 0 Å². The van der Waals surface area contributed by atoms with Crippen LogP contribution in [0.25, 0.3) is 0 Å². The zero-order valence-electron chi connectivity index (χ0n) is 16.6. The van der Waals surface area contributed by atoms with E-state index in [1.165, 1.54) is 70.6 Å². The van der Waals surface area contributed by atoms with E-state index >= 15 is 0 Å². The minimum Gasteiger partial charge on any atom is -0.0654 e. The van der Waals surface area contributed by atoms with Gasteiger partial charge in [0, 0.05) is 0 Å². The van der Waals surface area contributed by atoms with Crippen LogP contribution in [0.15, 0.2) is 0 Å². The lowest BCUT2D eigenvalue weighted by Gasteiger charge is -2.22. The first-order valence-electron chi connectivity index (χ1n) is 10.5. The van der Waals surface area contributed by atoms with Gasteiger partial charge in [0.25, 0.3) is 0 Å². The number of hydrogen-bond acceptors (Lipinski definition) is 0. The summed E-state index contributed by atoms with van der Waals surface area (Å²) in [6.07, 6.45) is 15.8. The van der Waals surface area contributed by atoms with Gasteiger partial charge >= 0.3 is 0 Å². The van der Waals surface area contributed by atoms with Crippen molar-refractivity contribution in [3.05, 3.63) is 0 Å². The van der Waals surface area contributed by atoms with Crippen molar-refractivity contribution < 1.29 is 0 Å². The molecule has 0 aromatic rings. The zero-order valence-corrected chi connectivity index (χ0v) is 16.6. The lowest BCUT2D eigenvalue weighted by atomic mass is 9.83. The molecule has 0 aromatic carbocycles. The Morgan fingerprint density at radius 1 is 0.818 bits per heavy atom. The molecule has 0 heteroatoms. The topological polar surface area (TPSA) is 0 Å². The maximum atomic E-state index is 2.60. The second-order valence-electron chi connectivity index (χ2n) is 8.65. The van der Waals surface area contributed by atoms with Gasteiger partial charge in [0.2, 0.25) is 0 Å². The summed E-state index contributed by atoms with van der Waals surface area (Å²) < 4.78 is 0. The molecule has 1 aliphatic rings. The largest absolute Gasteiger partial charge is 0.0654 e. The molecule has 0 N–H and O–H groups in total. The van der Waals surface area contributed by atoms with Gasteiger partial charge in [-0.2, -0.15) is 0 Å². The summed E-state index contributed by atoms with van der Waals surface area (Å²) in [4.78, 5) is 0. The van der Waals surface area contributed by atoms with Crippen LogP contribution in [0, 0.1) is 29.1 Å². The molecule has 1 aliphatic carbocycles. The van der Waals surface area contributed by atoms with Crippen molar-refractivity contribution in [3.63, 3.8) is 0 Å². The van der Waals surface area contributed by atoms with Crippen molar-refractivity contribution in [2.75, 3.05) is 0 Å². The Balaban J connectivity index is 2.52. The molecule has 5 atom stereocenters. The van der Waals surface area contributed by atoms with Gasteiger partial charge in [-0.1, -0.05) is 99.3 Å². The Hall–Kier alpha value is 0. The van der Waals surface area contributed by atoms with Gasteiger partial charge in [0.1, 0.15) is 0 Å². The number of unbranched alkanes of at least 4 members (excludes halogenated alkanes) is 3. The molecule has 0 saturated heterocycles. The minimum absolute atomic E-state index is 0.682. The van der Waals surface area contributed by atoms with E-state index in [0.29, 0.717) is 5.41 Å². The number of rotatable bonds is 13. The molecule has 1 saturated carbocycles. The van der Waals surface area contributed by atoms with Crippen LogP contribution in [0.2, 0.25) is 0 Å². The quantitative estimate of drug-likeness (QED) is 0.304. The van der Waals surface area contributed by atoms with E-state index in [-0.39, 0.29) is 0 Å². The fourth-order valence-electron chi connectivity index (χ4n) is 5.04. The molecule has 5 unspecified atom stereocenters. The average Bonchev–Trinajstić information content (AvgIpc) is 3.02. The average molecular weight is 309 g/mol. The van der Waals surface area contributed by atoms with Crippen LogP contribution in [0.1, 0.15) is 112 Å². The van der Waals surface area contributed by atoms with E-state index in [0.717, 1.165) is 23.7 Å². The second kappa shape index (κ2) is 9.99. The third kappa shape index (κ3) is 5.57. The third-order valence-electron chi connectivity index (χ3n) is 6.80. The van der Waals surface area contributed by atoms with E-state index in [2.05, 4.69) is 41.5 Å². The normalized spacial score (nSPS) is 30.3. The summed E-state index contributed by atoms with van der Waals surface area (Å²) in [5, 5.41) is 0. The van der Waals surface area contributed by atoms with Crippen LogP contribution in [-0.4, -0.2) is 0 Å². The highest BCUT2D eigenvalue weighted by atomic mass is 14.6. The van der Waals surface area contributed by atoms with Crippen molar-refractivity contribution >= 4 is 0 Å². The van der Waals surface area contributed by atoms with Crippen LogP contribution in [-0.2, 0) is 0 Å². The molecule has 132 valence electrons. The van der Waals surface area contributed by atoms with Crippen LogP contribution in [0.4, 0.5) is 0 Å². The van der Waals surface area contributed by atoms with Crippen LogP contribution in [0.3, 0.4) is 0 Å². The lowest BCUT2D eigenvalue weighted by Crippen LogP contribution is -2.11. The standard InChI is InChI=1S/C22H44/c1-7-10-12-17-22(6)19(5)21(22)20(14-11-8-2)16-15-18(4)13-9-3/h18-21H,7-17H2,1-6H3. The van der Waals surface area contributed by atoms with Gasteiger partial charge in [-0.05, 0) is 41.9 Å². The molecule has 0 amide bonds. The Morgan fingerprint density at radius 2 is 1.50 bits per heavy atom.